The van der Waals surface area contributed by atoms with Crippen LogP contribution >= 0.6 is 0 Å². The van der Waals surface area contributed by atoms with Crippen molar-refractivity contribution in [3.63, 3.8) is 0 Å². The van der Waals surface area contributed by atoms with Crippen molar-refractivity contribution in [3.05, 3.63) is 71.0 Å². The average molecular weight is 469 g/mol. The van der Waals surface area contributed by atoms with Crippen LogP contribution in [0.2, 0.25) is 0 Å². The van der Waals surface area contributed by atoms with E-state index < -0.39 is 6.36 Å². The maximum absolute atomic E-state index is 13.3. The Morgan fingerprint density at radius 2 is 1.79 bits per heavy atom. The number of aromatic nitrogens is 5. The number of ether oxygens (including phenoxy) is 1. The Hall–Kier alpha value is -3.69. The molecule has 2 aromatic heterocycles. The lowest BCUT2D eigenvalue weighted by Crippen LogP contribution is -2.30. The molecule has 5 rings (SSSR count). The normalized spacial score (nSPS) is 14.9. The first-order valence-corrected chi connectivity index (χ1v) is 11.0. The van der Waals surface area contributed by atoms with Gasteiger partial charge in [-0.15, -0.1) is 18.3 Å². The summed E-state index contributed by atoms with van der Waals surface area (Å²) in [4.78, 5) is 17.6. The minimum absolute atomic E-state index is 0.0528. The fourth-order valence-electron chi connectivity index (χ4n) is 4.23. The molecule has 1 aliphatic carbocycles. The zero-order valence-corrected chi connectivity index (χ0v) is 18.4. The Kier molecular flexibility index (Phi) is 5.38. The first-order chi connectivity index (χ1) is 16.3. The van der Waals surface area contributed by atoms with E-state index in [1.807, 2.05) is 6.20 Å². The topological polar surface area (TPSA) is 74.8 Å². The number of halogens is 3. The number of nitrogens with zero attached hydrogens (tertiary/aromatic N) is 5. The van der Waals surface area contributed by atoms with Gasteiger partial charge in [0.2, 0.25) is 0 Å². The summed E-state index contributed by atoms with van der Waals surface area (Å²) in [7, 11) is 0. The van der Waals surface area contributed by atoms with Gasteiger partial charge in [-0.3, -0.25) is 4.79 Å². The van der Waals surface area contributed by atoms with Crippen molar-refractivity contribution in [2.75, 3.05) is 0 Å². The van der Waals surface area contributed by atoms with Gasteiger partial charge in [-0.05, 0) is 48.2 Å². The fourth-order valence-corrected chi connectivity index (χ4v) is 4.23. The van der Waals surface area contributed by atoms with Crippen molar-refractivity contribution in [3.8, 4) is 16.9 Å². The summed E-state index contributed by atoms with van der Waals surface area (Å²) in [6.45, 7) is 3.30. The first kappa shape index (κ1) is 22.1. The lowest BCUT2D eigenvalue weighted by molar-refractivity contribution is -0.274. The summed E-state index contributed by atoms with van der Waals surface area (Å²) in [5.41, 5.74) is 1.52. The van der Waals surface area contributed by atoms with Crippen LogP contribution in [0, 0.1) is 5.41 Å². The average Bonchev–Trinajstić information content (AvgIpc) is 3.41. The Morgan fingerprint density at radius 1 is 1.06 bits per heavy atom. The second-order valence-electron chi connectivity index (χ2n) is 8.68. The Bertz CT molecular complexity index is 1390. The van der Waals surface area contributed by atoms with E-state index in [0.29, 0.717) is 28.6 Å². The van der Waals surface area contributed by atoms with Crippen LogP contribution in [0.15, 0.2) is 59.7 Å². The lowest BCUT2D eigenvalue weighted by atomic mass is 10.0. The van der Waals surface area contributed by atoms with E-state index in [2.05, 4.69) is 31.5 Å². The van der Waals surface area contributed by atoms with Gasteiger partial charge in [0.1, 0.15) is 17.1 Å². The van der Waals surface area contributed by atoms with Crippen LogP contribution in [0.1, 0.15) is 25.6 Å². The Morgan fingerprint density at radius 3 is 2.47 bits per heavy atom. The van der Waals surface area contributed by atoms with Gasteiger partial charge >= 0.3 is 6.36 Å². The second kappa shape index (κ2) is 8.27. The highest BCUT2D eigenvalue weighted by molar-refractivity contribution is 5.83. The number of hydrogen-bond donors (Lipinski definition) is 0. The molecular weight excluding hydrogens is 447 g/mol. The van der Waals surface area contributed by atoms with Crippen LogP contribution < -0.4 is 10.3 Å². The number of benzene rings is 2. The molecule has 0 saturated heterocycles. The summed E-state index contributed by atoms with van der Waals surface area (Å²) in [5, 5.41) is 8.79. The van der Waals surface area contributed by atoms with E-state index in [-0.39, 0.29) is 16.7 Å². The fraction of sp³-hybridized carbons (Fsp3) is 0.333. The van der Waals surface area contributed by atoms with Crippen LogP contribution in [0.4, 0.5) is 13.2 Å². The molecule has 0 N–H and O–H groups in total. The highest BCUT2D eigenvalue weighted by Gasteiger charge is 2.44. The lowest BCUT2D eigenvalue weighted by Gasteiger charge is -2.18. The third-order valence-corrected chi connectivity index (χ3v) is 6.21. The summed E-state index contributed by atoms with van der Waals surface area (Å²) in [5.74, 6) is 0.712. The summed E-state index contributed by atoms with van der Waals surface area (Å²) in [6.07, 6.45) is 1.83. The molecule has 2 aromatic carbocycles. The van der Waals surface area contributed by atoms with Crippen molar-refractivity contribution in [1.29, 1.82) is 0 Å². The van der Waals surface area contributed by atoms with E-state index in [4.69, 9.17) is 0 Å². The molecule has 0 bridgehead atoms. The minimum Gasteiger partial charge on any atom is -0.406 e. The van der Waals surface area contributed by atoms with Gasteiger partial charge in [-0.2, -0.15) is 0 Å². The molecule has 1 saturated carbocycles. The maximum atomic E-state index is 13.3. The molecule has 0 aliphatic heterocycles. The van der Waals surface area contributed by atoms with Crippen LogP contribution in [0.25, 0.3) is 22.0 Å². The van der Waals surface area contributed by atoms with Gasteiger partial charge in [-0.25, -0.2) is 9.67 Å². The molecule has 34 heavy (non-hydrogen) atoms. The van der Waals surface area contributed by atoms with Crippen molar-refractivity contribution in [2.24, 2.45) is 5.41 Å². The summed E-state index contributed by atoms with van der Waals surface area (Å²) >= 11 is 0. The Balaban J connectivity index is 1.41. The molecule has 1 aliphatic rings. The predicted octanol–water partition coefficient (Wildman–Crippen LogP) is 4.60. The largest absolute Gasteiger partial charge is 0.573 e. The molecule has 0 atom stereocenters. The van der Waals surface area contributed by atoms with Crippen molar-refractivity contribution in [1.82, 2.24) is 24.5 Å². The van der Waals surface area contributed by atoms with Crippen LogP contribution in [-0.4, -0.2) is 30.9 Å². The van der Waals surface area contributed by atoms with Crippen molar-refractivity contribution < 1.29 is 17.9 Å². The molecule has 1 fully saturated rings. The zero-order chi connectivity index (χ0) is 23.9. The smallest absolute Gasteiger partial charge is 0.406 e. The highest BCUT2D eigenvalue weighted by atomic mass is 19.4. The van der Waals surface area contributed by atoms with Crippen molar-refractivity contribution in [2.45, 2.75) is 45.6 Å². The van der Waals surface area contributed by atoms with E-state index >= 15 is 0 Å². The van der Waals surface area contributed by atoms with E-state index in [1.54, 1.807) is 24.4 Å². The van der Waals surface area contributed by atoms with E-state index in [1.165, 1.54) is 28.9 Å². The van der Waals surface area contributed by atoms with Gasteiger partial charge in [0.05, 0.1) is 11.9 Å². The third kappa shape index (κ3) is 4.52. The molecular formula is C24H22F3N5O2. The van der Waals surface area contributed by atoms with E-state index in [0.717, 1.165) is 31.6 Å². The third-order valence-electron chi connectivity index (χ3n) is 6.21. The number of hydrogen-bond acceptors (Lipinski definition) is 5. The van der Waals surface area contributed by atoms with Crippen LogP contribution in [-0.2, 0) is 19.5 Å². The molecule has 0 unspecified atom stereocenters. The van der Waals surface area contributed by atoms with Gasteiger partial charge < -0.3 is 9.30 Å². The first-order valence-electron chi connectivity index (χ1n) is 11.0. The molecule has 4 aromatic rings. The van der Waals surface area contributed by atoms with Crippen LogP contribution in [0.5, 0.6) is 5.75 Å². The summed E-state index contributed by atoms with van der Waals surface area (Å²) in [6, 6.07) is 10.7. The van der Waals surface area contributed by atoms with Gasteiger partial charge in [0.25, 0.3) is 5.56 Å². The summed E-state index contributed by atoms with van der Waals surface area (Å²) < 4.78 is 44.7. The number of rotatable bonds is 7. The second-order valence-corrected chi connectivity index (χ2v) is 8.68. The van der Waals surface area contributed by atoms with Crippen molar-refractivity contribution >= 4 is 10.9 Å². The maximum Gasteiger partial charge on any atom is 0.573 e. The van der Waals surface area contributed by atoms with Gasteiger partial charge in [0.15, 0.2) is 0 Å². The Labute approximate surface area is 192 Å². The molecule has 10 heteroatoms. The molecule has 2 heterocycles. The monoisotopic (exact) mass is 469 g/mol. The zero-order valence-electron chi connectivity index (χ0n) is 18.4. The molecule has 176 valence electrons. The number of fused-ring (bicyclic) bond motifs is 1. The van der Waals surface area contributed by atoms with E-state index in [9.17, 15) is 18.0 Å². The number of aryl methyl sites for hydroxylation is 1. The SMILES string of the molecule is CCc1nccn1CC1(Cn2nnc3ccc(-c4ccc(OC(F)(F)F)cc4)cc3c2=O)CC1. The molecule has 0 radical (unpaired) electrons. The number of alkyl halides is 3. The molecule has 7 nitrogen and oxygen atoms in total. The highest BCUT2D eigenvalue weighted by Crippen LogP contribution is 2.48. The number of imidazole rings is 1. The quantitative estimate of drug-likeness (QED) is 0.396. The molecule has 0 amide bonds. The predicted molar refractivity (Wildman–Crippen MR) is 119 cm³/mol. The minimum atomic E-state index is -4.75. The van der Waals surface area contributed by atoms with Crippen LogP contribution in [0.3, 0.4) is 0 Å². The van der Waals surface area contributed by atoms with Gasteiger partial charge in [0, 0.05) is 30.8 Å². The molecule has 0 spiro atoms. The standard InChI is InChI=1S/C24H22F3N5O2/c1-2-21-28-11-12-31(21)14-23(9-10-23)15-32-22(33)19-13-17(5-8-20(19)29-30-32)16-3-6-18(7-4-16)34-24(25,26)27/h3-8,11-13H,2,9-10,14-15H2,1H3. The van der Waals surface area contributed by atoms with Gasteiger partial charge in [-0.1, -0.05) is 30.3 Å².